The van der Waals surface area contributed by atoms with Gasteiger partial charge in [0.05, 0.1) is 13.2 Å². The van der Waals surface area contributed by atoms with Crippen molar-refractivity contribution in [1.82, 2.24) is 10.2 Å². The van der Waals surface area contributed by atoms with E-state index in [0.717, 1.165) is 36.9 Å². The van der Waals surface area contributed by atoms with Gasteiger partial charge >= 0.3 is 0 Å². The van der Waals surface area contributed by atoms with Gasteiger partial charge in [0.1, 0.15) is 5.75 Å². The first-order chi connectivity index (χ1) is 12.2. The normalized spacial score (nSPS) is 18.4. The van der Waals surface area contributed by atoms with Crippen molar-refractivity contribution in [2.75, 3.05) is 52.3 Å². The Morgan fingerprint density at radius 3 is 2.96 bits per heavy atom. The molecule has 1 unspecified atom stereocenters. The van der Waals surface area contributed by atoms with Crippen LogP contribution >= 0.6 is 0 Å². The molecular weight excluding hydrogens is 316 g/mol. The molecule has 25 heavy (non-hydrogen) atoms. The Morgan fingerprint density at radius 1 is 1.36 bits per heavy atom. The molecule has 2 rings (SSSR count). The molecule has 0 saturated carbocycles. The molecule has 0 bridgehead atoms. The number of nitrogens with one attached hydrogen (secondary N) is 2. The number of likely N-dealkylation sites (tertiary alicyclic amines) is 1. The standard InChI is InChI=1S/C19H32N4O2/c1-4-20-19(21-15-17-9-6-11-23(17)2)22-16-8-5-10-18(14-16)25-13-7-12-24-3/h5,8,10,14,17H,4,6-7,9,11-13,15H2,1-3H3,(H2,20,21,22). The molecular formula is C19H32N4O2. The molecule has 1 saturated heterocycles. The minimum atomic E-state index is 0.547. The molecule has 1 aromatic rings. The minimum absolute atomic E-state index is 0.547. The molecule has 0 aliphatic carbocycles. The van der Waals surface area contributed by atoms with Crippen LogP contribution in [0, 0.1) is 0 Å². The summed E-state index contributed by atoms with van der Waals surface area (Å²) in [6.07, 6.45) is 3.38. The molecule has 0 aromatic heterocycles. The number of anilines is 1. The van der Waals surface area contributed by atoms with Gasteiger partial charge in [0, 0.05) is 44.5 Å². The van der Waals surface area contributed by atoms with Gasteiger partial charge < -0.3 is 25.0 Å². The molecule has 0 radical (unpaired) electrons. The van der Waals surface area contributed by atoms with Gasteiger partial charge in [-0.15, -0.1) is 0 Å². The third-order valence-electron chi connectivity index (χ3n) is 4.33. The second-order valence-electron chi connectivity index (χ2n) is 6.34. The largest absolute Gasteiger partial charge is 0.493 e. The van der Waals surface area contributed by atoms with E-state index in [0.29, 0.717) is 19.3 Å². The molecule has 1 aromatic carbocycles. The number of guanidine groups is 1. The lowest BCUT2D eigenvalue weighted by Gasteiger charge is -2.18. The number of nitrogens with zero attached hydrogens (tertiary/aromatic N) is 2. The van der Waals surface area contributed by atoms with E-state index in [-0.39, 0.29) is 0 Å². The predicted octanol–water partition coefficient (Wildman–Crippen LogP) is 2.57. The third-order valence-corrected chi connectivity index (χ3v) is 4.33. The van der Waals surface area contributed by atoms with Crippen LogP contribution in [0.15, 0.2) is 29.3 Å². The number of rotatable bonds is 9. The van der Waals surface area contributed by atoms with Crippen molar-refractivity contribution >= 4 is 11.6 Å². The van der Waals surface area contributed by atoms with Gasteiger partial charge in [0.2, 0.25) is 0 Å². The van der Waals surface area contributed by atoms with Gasteiger partial charge in [-0.1, -0.05) is 6.07 Å². The van der Waals surface area contributed by atoms with Gasteiger partial charge in [-0.25, -0.2) is 0 Å². The predicted molar refractivity (Wildman–Crippen MR) is 104 cm³/mol. The van der Waals surface area contributed by atoms with E-state index in [1.165, 1.54) is 19.4 Å². The van der Waals surface area contributed by atoms with Gasteiger partial charge in [0.15, 0.2) is 5.96 Å². The average molecular weight is 348 g/mol. The summed E-state index contributed by atoms with van der Waals surface area (Å²) in [7, 11) is 3.88. The maximum atomic E-state index is 5.76. The molecule has 2 N–H and O–H groups in total. The fourth-order valence-electron chi connectivity index (χ4n) is 2.91. The zero-order chi connectivity index (χ0) is 17.9. The van der Waals surface area contributed by atoms with E-state index in [9.17, 15) is 0 Å². The van der Waals surface area contributed by atoms with Crippen LogP contribution in [-0.2, 0) is 4.74 Å². The summed E-state index contributed by atoms with van der Waals surface area (Å²) in [5.41, 5.74) is 0.976. The fraction of sp³-hybridized carbons (Fsp3) is 0.632. The quantitative estimate of drug-likeness (QED) is 0.408. The van der Waals surface area contributed by atoms with E-state index < -0.39 is 0 Å². The van der Waals surface area contributed by atoms with Crippen molar-refractivity contribution < 1.29 is 9.47 Å². The van der Waals surface area contributed by atoms with Crippen molar-refractivity contribution in [3.05, 3.63) is 24.3 Å². The van der Waals surface area contributed by atoms with E-state index in [1.54, 1.807) is 7.11 Å². The van der Waals surface area contributed by atoms with Crippen LogP contribution in [0.3, 0.4) is 0 Å². The van der Waals surface area contributed by atoms with Gasteiger partial charge in [0.25, 0.3) is 0 Å². The molecule has 1 fully saturated rings. The first kappa shape index (κ1) is 19.5. The molecule has 1 aliphatic rings. The zero-order valence-electron chi connectivity index (χ0n) is 15.8. The molecule has 140 valence electrons. The molecule has 6 nitrogen and oxygen atoms in total. The van der Waals surface area contributed by atoms with Gasteiger partial charge in [-0.2, -0.15) is 0 Å². The molecule has 6 heteroatoms. The Kier molecular flexibility index (Phi) is 8.55. The average Bonchev–Trinajstić information content (AvgIpc) is 3.02. The van der Waals surface area contributed by atoms with Crippen LogP contribution in [0.4, 0.5) is 5.69 Å². The number of aliphatic imine (C=N–C) groups is 1. The summed E-state index contributed by atoms with van der Waals surface area (Å²) in [6.45, 7) is 6.27. The van der Waals surface area contributed by atoms with Crippen LogP contribution in [0.2, 0.25) is 0 Å². The topological polar surface area (TPSA) is 58.1 Å². The van der Waals surface area contributed by atoms with Crippen LogP contribution in [0.1, 0.15) is 26.2 Å². The van der Waals surface area contributed by atoms with Crippen molar-refractivity contribution in [3.63, 3.8) is 0 Å². The summed E-state index contributed by atoms with van der Waals surface area (Å²) in [6, 6.07) is 8.53. The Hall–Kier alpha value is -1.79. The monoisotopic (exact) mass is 348 g/mol. The number of ether oxygens (including phenoxy) is 2. The first-order valence-electron chi connectivity index (χ1n) is 9.20. The third kappa shape index (κ3) is 6.92. The lowest BCUT2D eigenvalue weighted by atomic mass is 10.2. The van der Waals surface area contributed by atoms with E-state index in [2.05, 4.69) is 29.5 Å². The number of benzene rings is 1. The number of hydrogen-bond acceptors (Lipinski definition) is 4. The first-order valence-corrected chi connectivity index (χ1v) is 9.20. The lowest BCUT2D eigenvalue weighted by Crippen LogP contribution is -2.33. The summed E-state index contributed by atoms with van der Waals surface area (Å²) >= 11 is 0. The molecule has 1 heterocycles. The van der Waals surface area contributed by atoms with Gasteiger partial charge in [-0.3, -0.25) is 4.99 Å². The highest BCUT2D eigenvalue weighted by atomic mass is 16.5. The smallest absolute Gasteiger partial charge is 0.195 e. The molecule has 0 amide bonds. The number of methoxy groups -OCH3 is 1. The Bertz CT molecular complexity index is 536. The highest BCUT2D eigenvalue weighted by molar-refractivity contribution is 5.93. The Morgan fingerprint density at radius 2 is 2.24 bits per heavy atom. The van der Waals surface area contributed by atoms with E-state index >= 15 is 0 Å². The Labute approximate surface area is 151 Å². The Balaban J connectivity index is 1.91. The highest BCUT2D eigenvalue weighted by Crippen LogP contribution is 2.18. The zero-order valence-corrected chi connectivity index (χ0v) is 15.8. The molecule has 1 atom stereocenters. The summed E-state index contributed by atoms with van der Waals surface area (Å²) < 4.78 is 10.8. The van der Waals surface area contributed by atoms with E-state index in [4.69, 9.17) is 14.5 Å². The van der Waals surface area contributed by atoms with Crippen LogP contribution < -0.4 is 15.4 Å². The highest BCUT2D eigenvalue weighted by Gasteiger charge is 2.20. The number of likely N-dealkylation sites (N-methyl/N-ethyl adjacent to an activating group) is 1. The fourth-order valence-corrected chi connectivity index (χ4v) is 2.91. The number of hydrogen-bond donors (Lipinski definition) is 2. The second-order valence-corrected chi connectivity index (χ2v) is 6.34. The summed E-state index contributed by atoms with van der Waals surface area (Å²) in [5.74, 6) is 1.67. The van der Waals surface area contributed by atoms with Crippen molar-refractivity contribution in [2.24, 2.45) is 4.99 Å². The van der Waals surface area contributed by atoms with Gasteiger partial charge in [-0.05, 0) is 45.5 Å². The summed E-state index contributed by atoms with van der Waals surface area (Å²) in [5, 5.41) is 6.69. The molecule has 0 spiro atoms. The SMILES string of the molecule is CCNC(=NCC1CCCN1C)Nc1cccc(OCCCOC)c1. The maximum Gasteiger partial charge on any atom is 0.195 e. The molecule has 1 aliphatic heterocycles. The van der Waals surface area contributed by atoms with Crippen molar-refractivity contribution in [3.8, 4) is 5.75 Å². The minimum Gasteiger partial charge on any atom is -0.493 e. The van der Waals surface area contributed by atoms with Crippen LogP contribution in [-0.4, -0.2) is 63.9 Å². The van der Waals surface area contributed by atoms with E-state index in [1.807, 2.05) is 24.3 Å². The maximum absolute atomic E-state index is 5.76. The van der Waals surface area contributed by atoms with Crippen molar-refractivity contribution in [2.45, 2.75) is 32.2 Å². The summed E-state index contributed by atoms with van der Waals surface area (Å²) in [4.78, 5) is 7.14. The lowest BCUT2D eigenvalue weighted by molar-refractivity contribution is 0.172. The second kappa shape index (κ2) is 10.9. The van der Waals surface area contributed by atoms with Crippen LogP contribution in [0.25, 0.3) is 0 Å². The van der Waals surface area contributed by atoms with Crippen LogP contribution in [0.5, 0.6) is 5.75 Å². The van der Waals surface area contributed by atoms with Crippen molar-refractivity contribution in [1.29, 1.82) is 0 Å².